The highest BCUT2D eigenvalue weighted by molar-refractivity contribution is 7.92. The van der Waals surface area contributed by atoms with E-state index in [4.69, 9.17) is 34.8 Å². The Hall–Kier alpha value is -2.00. The molecule has 2 aromatic rings. The summed E-state index contributed by atoms with van der Waals surface area (Å²) >= 11 is 18.2. The van der Waals surface area contributed by atoms with Crippen molar-refractivity contribution in [3.8, 4) is 0 Å². The van der Waals surface area contributed by atoms with Crippen LogP contribution in [0.2, 0.25) is 15.1 Å². The molecule has 0 fully saturated rings. The van der Waals surface area contributed by atoms with Crippen molar-refractivity contribution in [1.82, 2.24) is 10.2 Å². The highest BCUT2D eigenvalue weighted by atomic mass is 35.5. The lowest BCUT2D eigenvalue weighted by Gasteiger charge is -2.31. The summed E-state index contributed by atoms with van der Waals surface area (Å²) < 4.78 is 26.0. The van der Waals surface area contributed by atoms with E-state index in [1.165, 1.54) is 11.0 Å². The molecule has 2 rings (SSSR count). The van der Waals surface area contributed by atoms with E-state index in [0.717, 1.165) is 23.4 Å². The minimum Gasteiger partial charge on any atom is -0.354 e. The fraction of sp³-hybridized carbons (Fsp3) is 0.391. The Morgan fingerprint density at radius 3 is 2.35 bits per heavy atom. The topological polar surface area (TPSA) is 86.8 Å². The van der Waals surface area contributed by atoms with Gasteiger partial charge in [0.05, 0.1) is 22.0 Å². The van der Waals surface area contributed by atoms with Crippen LogP contribution in [-0.4, -0.2) is 50.5 Å². The van der Waals surface area contributed by atoms with Crippen LogP contribution < -0.4 is 9.62 Å². The van der Waals surface area contributed by atoms with Crippen molar-refractivity contribution in [1.29, 1.82) is 0 Å². The zero-order valence-electron chi connectivity index (χ0n) is 19.2. The molecule has 11 heteroatoms. The molecule has 1 N–H and O–H groups in total. The van der Waals surface area contributed by atoms with Crippen LogP contribution in [0.3, 0.4) is 0 Å². The molecule has 0 heterocycles. The summed E-state index contributed by atoms with van der Waals surface area (Å²) in [6.07, 6.45) is 2.71. The maximum absolute atomic E-state index is 13.4. The van der Waals surface area contributed by atoms with E-state index in [1.807, 2.05) is 6.92 Å². The molecule has 0 spiro atoms. The lowest BCUT2D eigenvalue weighted by Crippen LogP contribution is -2.51. The number of hydrogen-bond acceptors (Lipinski definition) is 4. The number of nitrogens with one attached hydrogen (secondary N) is 1. The van der Waals surface area contributed by atoms with Crippen molar-refractivity contribution in [2.24, 2.45) is 0 Å². The maximum atomic E-state index is 13.4. The molecule has 0 aliphatic carbocycles. The molecule has 0 aliphatic heterocycles. The molecule has 0 saturated heterocycles. The van der Waals surface area contributed by atoms with Gasteiger partial charge in [-0.2, -0.15) is 0 Å². The van der Waals surface area contributed by atoms with Crippen LogP contribution in [0.4, 0.5) is 5.69 Å². The standard InChI is InChI=1S/C23H28Cl3N3O4S/c1-4-5-11-27-23(31)16(2)28(14-17-9-10-20(25)21(26)12-17)22(30)15-29(34(3,32)33)19-8-6-7-18(24)13-19/h6-10,12-13,16H,4-5,11,14-15H2,1-3H3,(H,27,31)/t16-/m1/s1. The van der Waals surface area contributed by atoms with E-state index in [2.05, 4.69) is 5.32 Å². The summed E-state index contributed by atoms with van der Waals surface area (Å²) in [5, 5.41) is 3.81. The van der Waals surface area contributed by atoms with E-state index in [9.17, 15) is 18.0 Å². The molecule has 0 radical (unpaired) electrons. The molecule has 34 heavy (non-hydrogen) atoms. The summed E-state index contributed by atoms with van der Waals surface area (Å²) in [5.41, 5.74) is 0.891. The summed E-state index contributed by atoms with van der Waals surface area (Å²) in [4.78, 5) is 27.5. The molecule has 0 aliphatic rings. The normalized spacial score (nSPS) is 12.2. The molecular formula is C23H28Cl3N3O4S. The minimum atomic E-state index is -3.82. The third kappa shape index (κ3) is 8.05. The number of sulfonamides is 1. The van der Waals surface area contributed by atoms with Gasteiger partial charge in [-0.1, -0.05) is 60.3 Å². The first-order valence-corrected chi connectivity index (χ1v) is 13.7. The average molecular weight is 549 g/mol. The van der Waals surface area contributed by atoms with Crippen LogP contribution >= 0.6 is 34.8 Å². The lowest BCUT2D eigenvalue weighted by atomic mass is 10.1. The Labute approximate surface area is 216 Å². The zero-order valence-corrected chi connectivity index (χ0v) is 22.3. The Morgan fingerprint density at radius 2 is 1.76 bits per heavy atom. The average Bonchev–Trinajstić information content (AvgIpc) is 2.76. The second-order valence-electron chi connectivity index (χ2n) is 7.84. The van der Waals surface area contributed by atoms with Gasteiger partial charge in [-0.15, -0.1) is 0 Å². The van der Waals surface area contributed by atoms with E-state index in [1.54, 1.807) is 43.3 Å². The second kappa shape index (κ2) is 12.6. The molecule has 2 aromatic carbocycles. The largest absolute Gasteiger partial charge is 0.354 e. The third-order valence-electron chi connectivity index (χ3n) is 5.11. The van der Waals surface area contributed by atoms with Crippen LogP contribution in [0, 0.1) is 0 Å². The number of carbonyl (C=O) groups excluding carboxylic acids is 2. The van der Waals surface area contributed by atoms with Gasteiger partial charge in [-0.05, 0) is 49.2 Å². The first kappa shape index (κ1) is 28.2. The molecule has 7 nitrogen and oxygen atoms in total. The van der Waals surface area contributed by atoms with Gasteiger partial charge in [-0.3, -0.25) is 13.9 Å². The Morgan fingerprint density at radius 1 is 1.06 bits per heavy atom. The number of amides is 2. The number of halogens is 3. The Bertz CT molecular complexity index is 1130. The molecule has 0 saturated carbocycles. The van der Waals surface area contributed by atoms with Gasteiger partial charge in [-0.25, -0.2) is 8.42 Å². The fourth-order valence-electron chi connectivity index (χ4n) is 3.20. The highest BCUT2D eigenvalue weighted by Crippen LogP contribution is 2.25. The van der Waals surface area contributed by atoms with Gasteiger partial charge in [0.15, 0.2) is 0 Å². The monoisotopic (exact) mass is 547 g/mol. The van der Waals surface area contributed by atoms with Crippen LogP contribution in [0.5, 0.6) is 0 Å². The minimum absolute atomic E-state index is 0.0330. The number of hydrogen-bond donors (Lipinski definition) is 1. The smallest absolute Gasteiger partial charge is 0.244 e. The summed E-state index contributed by atoms with van der Waals surface area (Å²) in [5.74, 6) is -0.898. The Kier molecular flexibility index (Phi) is 10.5. The highest BCUT2D eigenvalue weighted by Gasteiger charge is 2.30. The first-order chi connectivity index (χ1) is 15.9. The number of rotatable bonds is 11. The molecule has 2 amide bonds. The van der Waals surface area contributed by atoms with Gasteiger partial charge in [0.25, 0.3) is 0 Å². The number of nitrogens with zero attached hydrogens (tertiary/aromatic N) is 2. The molecule has 0 bridgehead atoms. The Balaban J connectivity index is 2.37. The van der Waals surface area contributed by atoms with Crippen molar-refractivity contribution < 1.29 is 18.0 Å². The van der Waals surface area contributed by atoms with Gasteiger partial charge < -0.3 is 10.2 Å². The van der Waals surface area contributed by atoms with Crippen molar-refractivity contribution in [2.75, 3.05) is 23.7 Å². The fourth-order valence-corrected chi connectivity index (χ4v) is 4.55. The van der Waals surface area contributed by atoms with E-state index in [-0.39, 0.29) is 18.1 Å². The number of carbonyl (C=O) groups is 2. The summed E-state index contributed by atoms with van der Waals surface area (Å²) in [6.45, 7) is 3.61. The summed E-state index contributed by atoms with van der Waals surface area (Å²) in [7, 11) is -3.82. The number of anilines is 1. The quantitative estimate of drug-likeness (QED) is 0.411. The van der Waals surface area contributed by atoms with E-state index >= 15 is 0 Å². The van der Waals surface area contributed by atoms with Crippen molar-refractivity contribution in [3.63, 3.8) is 0 Å². The van der Waals surface area contributed by atoms with Gasteiger partial charge in [0, 0.05) is 18.1 Å². The summed E-state index contributed by atoms with van der Waals surface area (Å²) in [6, 6.07) is 10.2. The van der Waals surface area contributed by atoms with E-state index < -0.39 is 28.5 Å². The number of unbranched alkanes of at least 4 members (excludes halogenated alkanes) is 1. The third-order valence-corrected chi connectivity index (χ3v) is 7.22. The lowest BCUT2D eigenvalue weighted by molar-refractivity contribution is -0.139. The maximum Gasteiger partial charge on any atom is 0.244 e. The van der Waals surface area contributed by atoms with Crippen molar-refractivity contribution >= 4 is 62.3 Å². The predicted octanol–water partition coefficient (Wildman–Crippen LogP) is 4.75. The van der Waals surface area contributed by atoms with Crippen LogP contribution in [0.25, 0.3) is 0 Å². The molecule has 1 atom stereocenters. The first-order valence-electron chi connectivity index (χ1n) is 10.7. The van der Waals surface area contributed by atoms with Gasteiger partial charge in [0.1, 0.15) is 12.6 Å². The van der Waals surface area contributed by atoms with Gasteiger partial charge >= 0.3 is 0 Å². The SMILES string of the molecule is CCCCNC(=O)[C@@H](C)N(Cc1ccc(Cl)c(Cl)c1)C(=O)CN(c1cccc(Cl)c1)S(C)(=O)=O. The van der Waals surface area contributed by atoms with E-state index in [0.29, 0.717) is 27.2 Å². The van der Waals surface area contributed by atoms with Gasteiger partial charge in [0.2, 0.25) is 21.8 Å². The molecule has 186 valence electrons. The predicted molar refractivity (Wildman–Crippen MR) is 138 cm³/mol. The zero-order chi connectivity index (χ0) is 25.5. The van der Waals surface area contributed by atoms with Crippen molar-refractivity contribution in [3.05, 3.63) is 63.1 Å². The number of benzene rings is 2. The van der Waals surface area contributed by atoms with Crippen LogP contribution in [0.1, 0.15) is 32.3 Å². The van der Waals surface area contributed by atoms with Crippen molar-refractivity contribution in [2.45, 2.75) is 39.3 Å². The molecule has 0 unspecified atom stereocenters. The molecular weight excluding hydrogens is 521 g/mol. The van der Waals surface area contributed by atoms with Crippen LogP contribution in [0.15, 0.2) is 42.5 Å². The molecule has 0 aromatic heterocycles. The second-order valence-corrected chi connectivity index (χ2v) is 11.0. The van der Waals surface area contributed by atoms with Crippen LogP contribution in [-0.2, 0) is 26.2 Å².